The molecule has 0 unspecified atom stereocenters. The molecule has 2 aromatic carbocycles. The molecule has 0 saturated heterocycles. The number of nitro benzene ring substituents is 1. The molecule has 0 aliphatic rings. The minimum Gasteiger partial charge on any atom is -0.502 e. The summed E-state index contributed by atoms with van der Waals surface area (Å²) < 4.78 is 1.70. The number of hydrazone groups is 1. The van der Waals surface area contributed by atoms with Crippen LogP contribution >= 0.6 is 0 Å². The number of amides is 1. The van der Waals surface area contributed by atoms with Gasteiger partial charge in [0.1, 0.15) is 5.69 Å². The molecule has 3 rings (SSSR count). The molecule has 30 heavy (non-hydrogen) atoms. The Labute approximate surface area is 169 Å². The van der Waals surface area contributed by atoms with Crippen molar-refractivity contribution in [1.29, 1.82) is 0 Å². The molecule has 12 nitrogen and oxygen atoms in total. The number of nitrogens with one attached hydrogen (secondary N) is 1. The number of carbonyl (C=O) groups is 1. The zero-order chi connectivity index (χ0) is 21.7. The Hall–Kier alpha value is -4.29. The molecular weight excluding hydrogens is 396 g/mol. The van der Waals surface area contributed by atoms with E-state index in [1.165, 1.54) is 0 Å². The van der Waals surface area contributed by atoms with Gasteiger partial charge in [0.25, 0.3) is 5.91 Å². The third kappa shape index (κ3) is 4.76. The highest BCUT2D eigenvalue weighted by atomic mass is 16.8. The van der Waals surface area contributed by atoms with E-state index >= 15 is 0 Å². The van der Waals surface area contributed by atoms with E-state index < -0.39 is 22.3 Å². The second-order valence-corrected chi connectivity index (χ2v) is 6.05. The molecule has 0 aliphatic carbocycles. The van der Waals surface area contributed by atoms with Crippen LogP contribution in [0.2, 0.25) is 0 Å². The third-order valence-electron chi connectivity index (χ3n) is 3.99. The summed E-state index contributed by atoms with van der Waals surface area (Å²) in [4.78, 5) is 22.4. The van der Waals surface area contributed by atoms with Gasteiger partial charge in [-0.05, 0) is 29.8 Å². The van der Waals surface area contributed by atoms with E-state index in [0.29, 0.717) is 12.1 Å². The molecule has 4 N–H and O–H groups in total. The second-order valence-electron chi connectivity index (χ2n) is 6.05. The fraction of sp³-hybridized carbons (Fsp3) is 0.0556. The van der Waals surface area contributed by atoms with E-state index in [0.717, 1.165) is 23.9 Å². The van der Waals surface area contributed by atoms with Gasteiger partial charge in [-0.2, -0.15) is 10.2 Å². The van der Waals surface area contributed by atoms with E-state index in [1.807, 2.05) is 6.07 Å². The first-order valence-electron chi connectivity index (χ1n) is 8.44. The highest BCUT2D eigenvalue weighted by molar-refractivity contribution is 5.95. The van der Waals surface area contributed by atoms with Gasteiger partial charge in [-0.25, -0.2) is 5.43 Å². The Kier molecular flexibility index (Phi) is 6.00. The number of nitrogens with zero attached hydrogens (tertiary/aromatic N) is 5. The van der Waals surface area contributed by atoms with Crippen molar-refractivity contribution in [3.63, 3.8) is 0 Å². The van der Waals surface area contributed by atoms with Crippen LogP contribution in [0.4, 0.5) is 11.4 Å². The van der Waals surface area contributed by atoms with Crippen LogP contribution in [-0.4, -0.2) is 42.3 Å². The number of nitro groups is 1. The molecule has 0 aliphatic heterocycles. The standard InChI is InChI=1S/C18H16N6O6/c25-17-14(8-15(23(27)28)9-16(17)24(29)30)10-19-21-18(26)13-4-1-3-12(7-13)11-22-6-2-5-20-22/h1-10,25,27-28H,11H2,(H,21,26)/b19-10+. The SMILES string of the molecule is O=C(N/N=C/c1cc(N(O)O)cc([N+](=O)[O-])c1O)c1cccc(Cn2cccn2)c1. The number of anilines is 1. The largest absolute Gasteiger partial charge is 0.502 e. The van der Waals surface area contributed by atoms with E-state index in [1.54, 1.807) is 41.3 Å². The van der Waals surface area contributed by atoms with Crippen LogP contribution in [0.5, 0.6) is 5.75 Å². The Morgan fingerprint density at radius 3 is 2.77 bits per heavy atom. The van der Waals surface area contributed by atoms with E-state index in [4.69, 9.17) is 10.4 Å². The minimum absolute atomic E-state index is 0.208. The maximum atomic E-state index is 12.3. The van der Waals surface area contributed by atoms with Gasteiger partial charge in [0, 0.05) is 29.6 Å². The summed E-state index contributed by atoms with van der Waals surface area (Å²) in [7, 11) is 0. The minimum atomic E-state index is -0.899. The van der Waals surface area contributed by atoms with Gasteiger partial charge in [0.15, 0.2) is 0 Å². The number of aromatic hydroxyl groups is 1. The lowest BCUT2D eigenvalue weighted by molar-refractivity contribution is -0.385. The zero-order valence-electron chi connectivity index (χ0n) is 15.3. The van der Waals surface area contributed by atoms with Crippen molar-refractivity contribution in [2.45, 2.75) is 6.54 Å². The van der Waals surface area contributed by atoms with Crippen molar-refractivity contribution < 1.29 is 25.2 Å². The smallest absolute Gasteiger partial charge is 0.313 e. The number of carbonyl (C=O) groups excluding carboxylic acids is 1. The van der Waals surface area contributed by atoms with Gasteiger partial charge >= 0.3 is 5.69 Å². The van der Waals surface area contributed by atoms with Crippen molar-refractivity contribution in [2.75, 3.05) is 5.23 Å². The average molecular weight is 412 g/mol. The van der Waals surface area contributed by atoms with Gasteiger partial charge in [0.2, 0.25) is 5.75 Å². The number of aromatic nitrogens is 2. The highest BCUT2D eigenvalue weighted by Crippen LogP contribution is 2.33. The quantitative estimate of drug-likeness (QED) is 0.259. The fourth-order valence-electron chi connectivity index (χ4n) is 2.60. The van der Waals surface area contributed by atoms with Gasteiger partial charge in [-0.15, -0.1) is 5.23 Å². The second kappa shape index (κ2) is 8.81. The summed E-state index contributed by atoms with van der Waals surface area (Å²) in [6.07, 6.45) is 4.38. The molecule has 154 valence electrons. The first-order chi connectivity index (χ1) is 14.3. The summed E-state index contributed by atoms with van der Waals surface area (Å²) in [5.41, 5.74) is 2.05. The molecule has 0 radical (unpaired) electrons. The number of phenolic OH excluding ortho intramolecular Hbond substituents is 1. The molecule has 0 saturated carbocycles. The number of hydrogen-bond acceptors (Lipinski definition) is 9. The molecule has 3 aromatic rings. The van der Waals surface area contributed by atoms with E-state index in [2.05, 4.69) is 15.6 Å². The van der Waals surface area contributed by atoms with Crippen LogP contribution in [0.25, 0.3) is 0 Å². The Balaban J connectivity index is 1.75. The number of rotatable bonds is 7. The maximum absolute atomic E-state index is 12.3. The molecular formula is C18H16N6O6. The molecule has 0 fully saturated rings. The van der Waals surface area contributed by atoms with Crippen LogP contribution in [0, 0.1) is 10.1 Å². The van der Waals surface area contributed by atoms with Gasteiger partial charge in [-0.1, -0.05) is 12.1 Å². The molecule has 1 aromatic heterocycles. The summed E-state index contributed by atoms with van der Waals surface area (Å²) in [5, 5.41) is 46.6. The summed E-state index contributed by atoms with van der Waals surface area (Å²) >= 11 is 0. The van der Waals surface area contributed by atoms with Crippen molar-refractivity contribution in [1.82, 2.24) is 15.2 Å². The maximum Gasteiger partial charge on any atom is 0.313 e. The molecule has 0 bridgehead atoms. The summed E-state index contributed by atoms with van der Waals surface area (Å²) in [6, 6.07) is 10.3. The summed E-state index contributed by atoms with van der Waals surface area (Å²) in [5.74, 6) is -1.30. The lowest BCUT2D eigenvalue weighted by Crippen LogP contribution is -2.18. The lowest BCUT2D eigenvalue weighted by atomic mass is 10.1. The monoisotopic (exact) mass is 412 g/mol. The molecule has 0 atom stereocenters. The van der Waals surface area contributed by atoms with Gasteiger partial charge < -0.3 is 5.11 Å². The Morgan fingerprint density at radius 1 is 1.30 bits per heavy atom. The molecule has 1 amide bonds. The van der Waals surface area contributed by atoms with E-state index in [9.17, 15) is 20.0 Å². The Bertz CT molecular complexity index is 1100. The van der Waals surface area contributed by atoms with Crippen LogP contribution in [0.1, 0.15) is 21.5 Å². The third-order valence-corrected chi connectivity index (χ3v) is 3.99. The number of phenols is 1. The van der Waals surface area contributed by atoms with Crippen LogP contribution in [0.15, 0.2) is 60.0 Å². The van der Waals surface area contributed by atoms with Crippen LogP contribution in [0.3, 0.4) is 0 Å². The van der Waals surface area contributed by atoms with Crippen LogP contribution in [-0.2, 0) is 6.54 Å². The zero-order valence-corrected chi connectivity index (χ0v) is 15.3. The average Bonchev–Trinajstić information content (AvgIpc) is 3.22. The molecule has 1 heterocycles. The fourth-order valence-corrected chi connectivity index (χ4v) is 2.60. The van der Waals surface area contributed by atoms with Crippen molar-refractivity contribution in [3.8, 4) is 5.75 Å². The predicted molar refractivity (Wildman–Crippen MR) is 104 cm³/mol. The summed E-state index contributed by atoms with van der Waals surface area (Å²) in [6.45, 7) is 0.473. The highest BCUT2D eigenvalue weighted by Gasteiger charge is 2.20. The lowest BCUT2D eigenvalue weighted by Gasteiger charge is -2.09. The van der Waals surface area contributed by atoms with Crippen molar-refractivity contribution in [2.24, 2.45) is 5.10 Å². The molecule has 0 spiro atoms. The first kappa shape index (κ1) is 20.4. The predicted octanol–water partition coefficient (Wildman–Crippen LogP) is 1.89. The number of hydrogen-bond donors (Lipinski definition) is 4. The van der Waals surface area contributed by atoms with Crippen molar-refractivity contribution in [3.05, 3.63) is 81.7 Å². The van der Waals surface area contributed by atoms with E-state index in [-0.39, 0.29) is 16.5 Å². The first-order valence-corrected chi connectivity index (χ1v) is 8.44. The van der Waals surface area contributed by atoms with Gasteiger partial charge in [-0.3, -0.25) is 30.0 Å². The Morgan fingerprint density at radius 2 is 2.10 bits per heavy atom. The normalized spacial score (nSPS) is 10.9. The van der Waals surface area contributed by atoms with Crippen LogP contribution < -0.4 is 10.7 Å². The number of benzene rings is 2. The molecule has 12 heteroatoms. The topological polar surface area (TPSA) is 166 Å². The van der Waals surface area contributed by atoms with Gasteiger partial charge in [0.05, 0.1) is 17.7 Å². The van der Waals surface area contributed by atoms with Crippen molar-refractivity contribution >= 4 is 23.5 Å².